The molecule has 4 rings (SSSR count). The average molecular weight is 366 g/mol. The molecule has 2 aromatic rings. The van der Waals surface area contributed by atoms with E-state index in [1.807, 2.05) is 0 Å². The first kappa shape index (κ1) is 17.3. The third-order valence-corrected chi connectivity index (χ3v) is 5.22. The second-order valence-corrected chi connectivity index (χ2v) is 6.53. The molecular weight excluding hydrogens is 348 g/mol. The van der Waals surface area contributed by atoms with Gasteiger partial charge in [-0.05, 0) is 12.5 Å². The van der Waals surface area contributed by atoms with Crippen LogP contribution in [0.3, 0.4) is 0 Å². The van der Waals surface area contributed by atoms with E-state index >= 15 is 0 Å². The van der Waals surface area contributed by atoms with Crippen molar-refractivity contribution < 1.29 is 28.6 Å². The van der Waals surface area contributed by atoms with Gasteiger partial charge in [0.2, 0.25) is 5.78 Å². The number of benzene rings is 2. The summed E-state index contributed by atoms with van der Waals surface area (Å²) in [5.74, 6) is 0.370. The van der Waals surface area contributed by atoms with Crippen LogP contribution in [0.2, 0.25) is 0 Å². The van der Waals surface area contributed by atoms with Gasteiger partial charge in [-0.15, -0.1) is 0 Å². The Kier molecular flexibility index (Phi) is 3.98. The van der Waals surface area contributed by atoms with Crippen LogP contribution in [-0.2, 0) is 17.6 Å². The summed E-state index contributed by atoms with van der Waals surface area (Å²) in [7, 11) is 4.37. The van der Waals surface area contributed by atoms with Crippen LogP contribution in [0.25, 0.3) is 0 Å². The van der Waals surface area contributed by atoms with E-state index in [0.29, 0.717) is 35.7 Å². The summed E-state index contributed by atoms with van der Waals surface area (Å²) in [5.41, 5.74) is 2.22. The van der Waals surface area contributed by atoms with Crippen LogP contribution in [0, 0.1) is 0 Å². The van der Waals surface area contributed by atoms with Gasteiger partial charge in [0, 0.05) is 29.5 Å². The van der Waals surface area contributed by atoms with Crippen molar-refractivity contribution in [2.24, 2.45) is 0 Å². The molecule has 0 amide bonds. The molecule has 0 aromatic heterocycles. The molecule has 0 N–H and O–H groups in total. The minimum atomic E-state index is -0.341. The minimum Gasteiger partial charge on any atom is -0.496 e. The zero-order valence-corrected chi connectivity index (χ0v) is 15.3. The summed E-state index contributed by atoms with van der Waals surface area (Å²) in [4.78, 5) is 38.7. The zero-order chi connectivity index (χ0) is 19.3. The van der Waals surface area contributed by atoms with E-state index < -0.39 is 0 Å². The molecule has 2 aliphatic rings. The van der Waals surface area contributed by atoms with Crippen LogP contribution in [-0.4, -0.2) is 38.7 Å². The molecule has 0 unspecified atom stereocenters. The van der Waals surface area contributed by atoms with Gasteiger partial charge in [-0.1, -0.05) is 12.1 Å². The van der Waals surface area contributed by atoms with Crippen molar-refractivity contribution in [2.75, 3.05) is 21.3 Å². The van der Waals surface area contributed by atoms with Gasteiger partial charge >= 0.3 is 0 Å². The fraction of sp³-hybridized carbons (Fsp3) is 0.286. The maximum atomic E-state index is 13.4. The van der Waals surface area contributed by atoms with Crippen molar-refractivity contribution in [1.82, 2.24) is 0 Å². The van der Waals surface area contributed by atoms with E-state index in [4.69, 9.17) is 14.2 Å². The van der Waals surface area contributed by atoms with Gasteiger partial charge in [0.1, 0.15) is 23.0 Å². The minimum absolute atomic E-state index is 0.0689. The van der Waals surface area contributed by atoms with Gasteiger partial charge < -0.3 is 14.2 Å². The molecule has 27 heavy (non-hydrogen) atoms. The van der Waals surface area contributed by atoms with Crippen molar-refractivity contribution in [3.63, 3.8) is 0 Å². The van der Waals surface area contributed by atoms with Gasteiger partial charge in [0.05, 0.1) is 38.0 Å². The summed E-state index contributed by atoms with van der Waals surface area (Å²) in [6, 6.07) is 4.91. The van der Waals surface area contributed by atoms with Crippen LogP contribution in [0.5, 0.6) is 17.2 Å². The molecule has 6 nitrogen and oxygen atoms in total. The van der Waals surface area contributed by atoms with E-state index in [0.717, 1.165) is 5.56 Å². The Morgan fingerprint density at radius 1 is 0.741 bits per heavy atom. The second kappa shape index (κ2) is 6.23. The van der Waals surface area contributed by atoms with Gasteiger partial charge in [0.25, 0.3) is 0 Å². The topological polar surface area (TPSA) is 78.9 Å². The lowest BCUT2D eigenvalue weighted by Gasteiger charge is -2.28. The van der Waals surface area contributed by atoms with E-state index in [2.05, 4.69) is 0 Å². The summed E-state index contributed by atoms with van der Waals surface area (Å²) in [6.07, 6.45) is 0.975. The highest BCUT2D eigenvalue weighted by Crippen LogP contribution is 2.47. The van der Waals surface area contributed by atoms with E-state index in [-0.39, 0.29) is 46.0 Å². The third kappa shape index (κ3) is 2.29. The number of ether oxygens (including phenoxy) is 3. The number of carbonyl (C=O) groups is 3. The molecule has 2 aliphatic carbocycles. The number of hydrogen-bond acceptors (Lipinski definition) is 6. The summed E-state index contributed by atoms with van der Waals surface area (Å²) < 4.78 is 16.4. The van der Waals surface area contributed by atoms with Crippen LogP contribution < -0.4 is 14.2 Å². The average Bonchev–Trinajstić information content (AvgIpc) is 2.69. The number of hydrogen-bond donors (Lipinski definition) is 0. The summed E-state index contributed by atoms with van der Waals surface area (Å²) in [6.45, 7) is 0. The van der Waals surface area contributed by atoms with Crippen molar-refractivity contribution in [3.05, 3.63) is 51.6 Å². The molecule has 0 saturated heterocycles. The highest BCUT2D eigenvalue weighted by atomic mass is 16.5. The molecule has 0 aliphatic heterocycles. The maximum Gasteiger partial charge on any atom is 0.202 e. The Labute approximate surface area is 156 Å². The lowest BCUT2D eigenvalue weighted by Crippen LogP contribution is -2.26. The first-order chi connectivity index (χ1) is 13.0. The summed E-state index contributed by atoms with van der Waals surface area (Å²) in [5, 5.41) is 0. The number of fused-ring (bicyclic) bond motifs is 3. The highest BCUT2D eigenvalue weighted by Gasteiger charge is 2.41. The Bertz CT molecular complexity index is 1020. The van der Waals surface area contributed by atoms with Crippen molar-refractivity contribution in [3.8, 4) is 17.2 Å². The Morgan fingerprint density at radius 2 is 1.41 bits per heavy atom. The smallest absolute Gasteiger partial charge is 0.202 e. The van der Waals surface area contributed by atoms with Gasteiger partial charge in [-0.2, -0.15) is 0 Å². The monoisotopic (exact) mass is 366 g/mol. The Hall–Kier alpha value is -3.15. The Balaban J connectivity index is 2.11. The molecule has 0 fully saturated rings. The van der Waals surface area contributed by atoms with Crippen molar-refractivity contribution in [2.45, 2.75) is 19.3 Å². The van der Waals surface area contributed by atoms with Gasteiger partial charge in [0.15, 0.2) is 5.78 Å². The summed E-state index contributed by atoms with van der Waals surface area (Å²) >= 11 is 0. The number of Topliss-reactive ketones (excluding diaryl/α,β-unsaturated/α-hetero) is 1. The normalized spacial score (nSPS) is 15.0. The molecule has 0 saturated carbocycles. The molecular formula is C21H18O6. The standard InChI is InChI=1S/C21H18O6/c1-25-14-6-4-5-12-15(14)19(24)17-16(18(12)23)21(27-3)13-9-10(22)7-8-11(13)20(17)26-2/h4-6H,7-9H2,1-3H3. The predicted octanol–water partition coefficient (Wildman–Crippen LogP) is 2.55. The highest BCUT2D eigenvalue weighted by molar-refractivity contribution is 6.31. The number of ketones is 3. The molecule has 0 heterocycles. The number of methoxy groups -OCH3 is 3. The lowest BCUT2D eigenvalue weighted by atomic mass is 9.77. The fourth-order valence-corrected chi connectivity index (χ4v) is 4.07. The SMILES string of the molecule is COc1cccc2c1C(=O)c1c(OC)c3c(c(OC)c1C2=O)CC(=O)CC3. The quantitative estimate of drug-likeness (QED) is 0.709. The van der Waals surface area contributed by atoms with Gasteiger partial charge in [-0.3, -0.25) is 14.4 Å². The predicted molar refractivity (Wildman–Crippen MR) is 96.4 cm³/mol. The number of carbonyl (C=O) groups excluding carboxylic acids is 3. The van der Waals surface area contributed by atoms with Crippen LogP contribution in [0.4, 0.5) is 0 Å². The van der Waals surface area contributed by atoms with E-state index in [1.54, 1.807) is 18.2 Å². The molecule has 2 aromatic carbocycles. The molecule has 6 heteroatoms. The zero-order valence-electron chi connectivity index (χ0n) is 15.3. The van der Waals surface area contributed by atoms with E-state index in [9.17, 15) is 14.4 Å². The fourth-order valence-electron chi connectivity index (χ4n) is 4.07. The van der Waals surface area contributed by atoms with Crippen molar-refractivity contribution >= 4 is 17.3 Å². The van der Waals surface area contributed by atoms with Crippen molar-refractivity contribution in [1.29, 1.82) is 0 Å². The van der Waals surface area contributed by atoms with Gasteiger partial charge in [-0.25, -0.2) is 0 Å². The molecule has 0 bridgehead atoms. The molecule has 0 atom stereocenters. The Morgan fingerprint density at radius 3 is 2.07 bits per heavy atom. The van der Waals surface area contributed by atoms with Crippen LogP contribution in [0.1, 0.15) is 49.4 Å². The second-order valence-electron chi connectivity index (χ2n) is 6.53. The van der Waals surface area contributed by atoms with Crippen LogP contribution in [0.15, 0.2) is 18.2 Å². The number of rotatable bonds is 3. The van der Waals surface area contributed by atoms with E-state index in [1.165, 1.54) is 21.3 Å². The third-order valence-electron chi connectivity index (χ3n) is 5.22. The lowest BCUT2D eigenvalue weighted by molar-refractivity contribution is -0.118. The molecule has 0 spiro atoms. The molecule has 138 valence electrons. The largest absolute Gasteiger partial charge is 0.496 e. The first-order valence-corrected chi connectivity index (χ1v) is 8.61. The molecule has 0 radical (unpaired) electrons. The van der Waals surface area contributed by atoms with Crippen LogP contribution >= 0.6 is 0 Å². The maximum absolute atomic E-state index is 13.4. The first-order valence-electron chi connectivity index (χ1n) is 8.61.